The minimum Gasteiger partial charge on any atom is -0.444 e. The average molecular weight is 444 g/mol. The Morgan fingerprint density at radius 1 is 1.30 bits per heavy atom. The van der Waals surface area contributed by atoms with Gasteiger partial charge in [0.2, 0.25) is 0 Å². The van der Waals surface area contributed by atoms with Crippen LogP contribution in [0.1, 0.15) is 34.1 Å². The van der Waals surface area contributed by atoms with Crippen molar-refractivity contribution in [1.82, 2.24) is 15.1 Å². The molecule has 1 aliphatic heterocycles. The number of nitrogens with one attached hydrogen (secondary N) is 1. The Morgan fingerprint density at radius 3 is 2.59 bits per heavy atom. The molecule has 1 saturated heterocycles. The Bertz CT molecular complexity index is 576. The molecule has 1 aliphatic carbocycles. The van der Waals surface area contributed by atoms with E-state index in [0.717, 1.165) is 42.7 Å². The lowest BCUT2D eigenvalue weighted by molar-refractivity contribution is 0.0134. The third kappa shape index (κ3) is 7.56. The quantitative estimate of drug-likeness (QED) is 0.681. The SMILES string of the molecule is C[C@@H]1CC=C(Br)C(CNC(=O)OC(C)(C)C)=C1COCN1CCN(C)CC1. The molecule has 0 saturated carbocycles. The number of allylic oxidation sites excluding steroid dienone is 1. The third-order valence-electron chi connectivity index (χ3n) is 4.86. The maximum absolute atomic E-state index is 12.0. The first-order valence-electron chi connectivity index (χ1n) is 9.69. The molecule has 0 spiro atoms. The molecule has 0 bridgehead atoms. The maximum Gasteiger partial charge on any atom is 0.407 e. The summed E-state index contributed by atoms with van der Waals surface area (Å²) in [7, 11) is 2.15. The van der Waals surface area contributed by atoms with Gasteiger partial charge in [0.25, 0.3) is 0 Å². The molecular weight excluding hydrogens is 410 g/mol. The Labute approximate surface area is 172 Å². The van der Waals surface area contributed by atoms with Crippen molar-refractivity contribution in [3.8, 4) is 0 Å². The van der Waals surface area contributed by atoms with E-state index in [-0.39, 0.29) is 0 Å². The van der Waals surface area contributed by atoms with E-state index < -0.39 is 11.7 Å². The van der Waals surface area contributed by atoms with Crippen molar-refractivity contribution in [2.24, 2.45) is 5.92 Å². The van der Waals surface area contributed by atoms with Gasteiger partial charge >= 0.3 is 6.09 Å². The number of likely N-dealkylation sites (N-methyl/N-ethyl adjacent to an activating group) is 1. The molecule has 0 radical (unpaired) electrons. The smallest absolute Gasteiger partial charge is 0.407 e. The van der Waals surface area contributed by atoms with Crippen LogP contribution in [0.4, 0.5) is 4.79 Å². The number of rotatable bonds is 6. The van der Waals surface area contributed by atoms with Gasteiger partial charge in [-0.3, -0.25) is 4.90 Å². The highest BCUT2D eigenvalue weighted by Gasteiger charge is 2.23. The molecule has 27 heavy (non-hydrogen) atoms. The fraction of sp³-hybridized carbons (Fsp3) is 0.750. The highest BCUT2D eigenvalue weighted by Crippen LogP contribution is 2.33. The summed E-state index contributed by atoms with van der Waals surface area (Å²) in [6, 6.07) is 0. The third-order valence-corrected chi connectivity index (χ3v) is 5.66. The second-order valence-corrected chi connectivity index (χ2v) is 9.30. The summed E-state index contributed by atoms with van der Waals surface area (Å²) in [5, 5.41) is 2.87. The Morgan fingerprint density at radius 2 is 1.96 bits per heavy atom. The van der Waals surface area contributed by atoms with Crippen molar-refractivity contribution in [3.05, 3.63) is 21.7 Å². The summed E-state index contributed by atoms with van der Waals surface area (Å²) in [6.45, 7) is 13.7. The molecular formula is C20H34BrN3O3. The molecule has 6 nitrogen and oxygen atoms in total. The zero-order chi connectivity index (χ0) is 20.0. The zero-order valence-electron chi connectivity index (χ0n) is 17.3. The van der Waals surface area contributed by atoms with E-state index in [1.165, 1.54) is 5.57 Å². The van der Waals surface area contributed by atoms with Gasteiger partial charge in [0, 0.05) is 37.2 Å². The van der Waals surface area contributed by atoms with Gasteiger partial charge in [-0.2, -0.15) is 0 Å². The molecule has 0 unspecified atom stereocenters. The molecule has 1 atom stereocenters. The molecule has 1 heterocycles. The van der Waals surface area contributed by atoms with Crippen molar-refractivity contribution < 1.29 is 14.3 Å². The summed E-state index contributed by atoms with van der Waals surface area (Å²) in [5.41, 5.74) is 1.84. The lowest BCUT2D eigenvalue weighted by Crippen LogP contribution is -2.45. The van der Waals surface area contributed by atoms with Crippen molar-refractivity contribution in [3.63, 3.8) is 0 Å². The monoisotopic (exact) mass is 443 g/mol. The predicted octanol–water partition coefficient (Wildman–Crippen LogP) is 3.35. The number of alkyl carbamates (subject to hydrolysis) is 1. The number of hydrogen-bond acceptors (Lipinski definition) is 5. The molecule has 0 aromatic heterocycles. The van der Waals surface area contributed by atoms with Gasteiger partial charge in [0.1, 0.15) is 5.60 Å². The van der Waals surface area contributed by atoms with Crippen LogP contribution < -0.4 is 5.32 Å². The van der Waals surface area contributed by atoms with Crippen LogP contribution in [0.2, 0.25) is 0 Å². The Kier molecular flexibility index (Phi) is 8.34. The predicted molar refractivity (Wildman–Crippen MR) is 112 cm³/mol. The minimum absolute atomic E-state index is 0.397. The van der Waals surface area contributed by atoms with Gasteiger partial charge in [0.15, 0.2) is 0 Å². The fourth-order valence-electron chi connectivity index (χ4n) is 3.16. The molecule has 1 N–H and O–H groups in total. The lowest BCUT2D eigenvalue weighted by atomic mass is 9.88. The van der Waals surface area contributed by atoms with Gasteiger partial charge in [-0.1, -0.05) is 28.9 Å². The van der Waals surface area contributed by atoms with E-state index in [4.69, 9.17) is 9.47 Å². The molecule has 2 rings (SSSR count). The fourth-order valence-corrected chi connectivity index (χ4v) is 3.74. The van der Waals surface area contributed by atoms with Crippen LogP contribution in [0.15, 0.2) is 21.7 Å². The van der Waals surface area contributed by atoms with E-state index in [9.17, 15) is 4.79 Å². The summed E-state index contributed by atoms with van der Waals surface area (Å²) < 4.78 is 12.4. The van der Waals surface area contributed by atoms with Crippen LogP contribution in [0, 0.1) is 5.92 Å². The molecule has 2 aliphatic rings. The molecule has 0 aromatic rings. The normalized spacial score (nSPS) is 22.6. The lowest BCUT2D eigenvalue weighted by Gasteiger charge is -2.32. The number of amides is 1. The zero-order valence-corrected chi connectivity index (χ0v) is 18.9. The number of carbonyl (C=O) groups is 1. The standard InChI is InChI=1S/C20H34BrN3O3/c1-15-6-7-18(21)16(12-22-19(25)27-20(2,3)4)17(15)13-26-14-24-10-8-23(5)9-11-24/h7,15H,6,8-14H2,1-5H3,(H,22,25)/t15-/m1/s1. The van der Waals surface area contributed by atoms with Gasteiger partial charge in [-0.15, -0.1) is 0 Å². The largest absolute Gasteiger partial charge is 0.444 e. The number of nitrogens with zero attached hydrogens (tertiary/aromatic N) is 2. The molecule has 7 heteroatoms. The number of halogens is 1. The van der Waals surface area contributed by atoms with Gasteiger partial charge in [-0.05, 0) is 51.3 Å². The van der Waals surface area contributed by atoms with E-state index in [2.05, 4.69) is 51.1 Å². The highest BCUT2D eigenvalue weighted by atomic mass is 79.9. The van der Waals surface area contributed by atoms with Crippen molar-refractivity contribution in [1.29, 1.82) is 0 Å². The second-order valence-electron chi connectivity index (χ2n) is 8.45. The second kappa shape index (κ2) is 10.0. The van der Waals surface area contributed by atoms with Crippen LogP contribution in [0.25, 0.3) is 0 Å². The summed E-state index contributed by atoms with van der Waals surface area (Å²) in [6.07, 6.45) is 2.75. The van der Waals surface area contributed by atoms with E-state index >= 15 is 0 Å². The topological polar surface area (TPSA) is 54.0 Å². The molecule has 0 aromatic carbocycles. The van der Waals surface area contributed by atoms with E-state index in [1.54, 1.807) is 0 Å². The van der Waals surface area contributed by atoms with Gasteiger partial charge in [-0.25, -0.2) is 4.79 Å². The van der Waals surface area contributed by atoms with E-state index in [0.29, 0.717) is 25.8 Å². The number of hydrogen-bond donors (Lipinski definition) is 1. The average Bonchev–Trinajstić information content (AvgIpc) is 2.57. The van der Waals surface area contributed by atoms with Crippen LogP contribution in [-0.4, -0.2) is 74.6 Å². The summed E-state index contributed by atoms with van der Waals surface area (Å²) in [4.78, 5) is 16.7. The van der Waals surface area contributed by atoms with E-state index in [1.807, 2.05) is 20.8 Å². The number of ether oxygens (including phenoxy) is 2. The molecule has 1 amide bonds. The van der Waals surface area contributed by atoms with Crippen LogP contribution in [-0.2, 0) is 9.47 Å². The first-order chi connectivity index (χ1) is 12.7. The molecule has 154 valence electrons. The summed E-state index contributed by atoms with van der Waals surface area (Å²) in [5.74, 6) is 0.397. The Hall–Kier alpha value is -0.890. The van der Waals surface area contributed by atoms with Crippen molar-refractivity contribution in [2.45, 2.75) is 39.7 Å². The van der Waals surface area contributed by atoms with Gasteiger partial charge < -0.3 is 19.7 Å². The number of piperazine rings is 1. The summed E-state index contributed by atoms with van der Waals surface area (Å²) >= 11 is 3.65. The van der Waals surface area contributed by atoms with Crippen LogP contribution >= 0.6 is 15.9 Å². The number of carbonyl (C=O) groups excluding carboxylic acids is 1. The molecule has 1 fully saturated rings. The minimum atomic E-state index is -0.500. The highest BCUT2D eigenvalue weighted by molar-refractivity contribution is 9.12. The van der Waals surface area contributed by atoms with Gasteiger partial charge in [0.05, 0.1) is 13.3 Å². The first kappa shape index (κ1) is 22.4. The Balaban J connectivity index is 1.92. The van der Waals surface area contributed by atoms with Crippen LogP contribution in [0.5, 0.6) is 0 Å². The maximum atomic E-state index is 12.0. The van der Waals surface area contributed by atoms with Crippen molar-refractivity contribution >= 4 is 22.0 Å². The van der Waals surface area contributed by atoms with Crippen molar-refractivity contribution in [2.75, 3.05) is 53.1 Å². The first-order valence-corrected chi connectivity index (χ1v) is 10.5. The van der Waals surface area contributed by atoms with Crippen LogP contribution in [0.3, 0.4) is 0 Å².